The molecule has 3 N–H and O–H groups in total. The third-order valence-electron chi connectivity index (χ3n) is 2.50. The van der Waals surface area contributed by atoms with Crippen LogP contribution in [0, 0.1) is 0 Å². The van der Waals surface area contributed by atoms with Crippen LogP contribution in [-0.2, 0) is 24.8 Å². The van der Waals surface area contributed by atoms with Gasteiger partial charge >= 0.3 is 0 Å². The second-order valence-electron chi connectivity index (χ2n) is 4.05. The lowest BCUT2D eigenvalue weighted by Gasteiger charge is -2.15. The zero-order chi connectivity index (χ0) is 15.4. The molecule has 0 aliphatic heterocycles. The van der Waals surface area contributed by atoms with Crippen molar-refractivity contribution < 1.29 is 21.6 Å². The fraction of sp³-hybridized carbons (Fsp3) is 0.500. The average Bonchev–Trinajstić information content (AvgIpc) is 2.34. The molecule has 0 fully saturated rings. The van der Waals surface area contributed by atoms with Gasteiger partial charge in [-0.2, -0.15) is 0 Å². The maximum Gasteiger partial charge on any atom is 0.257 e. The van der Waals surface area contributed by atoms with E-state index in [1.807, 2.05) is 0 Å². The van der Waals surface area contributed by atoms with E-state index in [0.29, 0.717) is 6.42 Å². The molecule has 0 spiro atoms. The van der Waals surface area contributed by atoms with Crippen LogP contribution in [0.2, 0.25) is 0 Å². The number of ether oxygens (including phenoxy) is 1. The highest BCUT2D eigenvalue weighted by Gasteiger charge is 2.22. The number of rotatable bonds is 7. The van der Waals surface area contributed by atoms with Crippen LogP contribution in [0.25, 0.3) is 0 Å². The first kappa shape index (κ1) is 16.8. The van der Waals surface area contributed by atoms with Gasteiger partial charge in [0.25, 0.3) is 10.0 Å². The zero-order valence-corrected chi connectivity index (χ0v) is 12.7. The van der Waals surface area contributed by atoms with Crippen LogP contribution < -0.4 is 9.86 Å². The van der Waals surface area contributed by atoms with Gasteiger partial charge in [0.2, 0.25) is 10.0 Å². The summed E-state index contributed by atoms with van der Waals surface area (Å²) in [5.74, 6) is -0.293. The van der Waals surface area contributed by atoms with Crippen LogP contribution in [0.15, 0.2) is 23.4 Å². The zero-order valence-electron chi connectivity index (χ0n) is 11.1. The molecule has 0 saturated heterocycles. The molecule has 1 aromatic heterocycles. The summed E-state index contributed by atoms with van der Waals surface area (Å²) in [5, 5.41) is 4.46. The molecule has 0 aromatic carbocycles. The first-order valence-electron chi connectivity index (χ1n) is 5.70. The van der Waals surface area contributed by atoms with E-state index >= 15 is 0 Å². The lowest BCUT2D eigenvalue weighted by Crippen LogP contribution is -2.28. The van der Waals surface area contributed by atoms with Crippen molar-refractivity contribution in [1.82, 2.24) is 4.98 Å². The normalized spacial score (nSPS) is 13.9. The number of primary sulfonamides is 1. The van der Waals surface area contributed by atoms with Gasteiger partial charge < -0.3 is 4.74 Å². The fourth-order valence-corrected chi connectivity index (χ4v) is 3.64. The molecule has 0 saturated carbocycles. The van der Waals surface area contributed by atoms with Crippen LogP contribution in [0.5, 0.6) is 0 Å². The Kier molecular flexibility index (Phi) is 5.45. The molecule has 0 radical (unpaired) electrons. The first-order chi connectivity index (χ1) is 9.19. The third-order valence-corrected chi connectivity index (χ3v) is 4.71. The van der Waals surface area contributed by atoms with Crippen molar-refractivity contribution in [3.8, 4) is 0 Å². The summed E-state index contributed by atoms with van der Waals surface area (Å²) in [5.41, 5.74) is -0.180. The topological polar surface area (TPSA) is 128 Å². The number of hydrogen-bond acceptors (Lipinski definition) is 6. The molecule has 1 atom stereocenters. The number of aromatic nitrogens is 1. The Morgan fingerprint density at radius 1 is 1.40 bits per heavy atom. The van der Waals surface area contributed by atoms with Gasteiger partial charge in [-0.1, -0.05) is 6.92 Å². The van der Waals surface area contributed by atoms with E-state index in [2.05, 4.69) is 9.71 Å². The Morgan fingerprint density at radius 2 is 2.05 bits per heavy atom. The predicted octanol–water partition coefficient (Wildman–Crippen LogP) is -0.104. The Morgan fingerprint density at radius 3 is 2.55 bits per heavy atom. The summed E-state index contributed by atoms with van der Waals surface area (Å²) < 4.78 is 53.7. The van der Waals surface area contributed by atoms with E-state index in [1.165, 1.54) is 25.4 Å². The Labute approximate surface area is 118 Å². The maximum atomic E-state index is 12.0. The van der Waals surface area contributed by atoms with Crippen molar-refractivity contribution in [3.05, 3.63) is 18.3 Å². The number of nitrogens with one attached hydrogen (secondary N) is 1. The summed E-state index contributed by atoms with van der Waals surface area (Å²) in [6.07, 6.45) is 1.23. The first-order valence-corrected chi connectivity index (χ1v) is 8.90. The average molecular weight is 323 g/mol. The quantitative estimate of drug-likeness (QED) is 0.720. The van der Waals surface area contributed by atoms with Crippen LogP contribution in [0.3, 0.4) is 0 Å². The predicted molar refractivity (Wildman–Crippen MR) is 74.1 cm³/mol. The van der Waals surface area contributed by atoms with Gasteiger partial charge in [-0.15, -0.1) is 0 Å². The molecular formula is C10H17N3O5S2. The molecule has 0 aliphatic carbocycles. The molecule has 1 heterocycles. The van der Waals surface area contributed by atoms with Crippen LogP contribution in [0.4, 0.5) is 5.69 Å². The van der Waals surface area contributed by atoms with Crippen LogP contribution in [-0.4, -0.2) is 40.8 Å². The molecule has 1 unspecified atom stereocenters. The summed E-state index contributed by atoms with van der Waals surface area (Å²) in [6.45, 7) is 1.78. The molecular weight excluding hydrogens is 306 g/mol. The number of pyridine rings is 1. The molecule has 114 valence electrons. The van der Waals surface area contributed by atoms with Crippen molar-refractivity contribution >= 4 is 25.7 Å². The van der Waals surface area contributed by atoms with Gasteiger partial charge in [0, 0.05) is 13.3 Å². The van der Waals surface area contributed by atoms with Gasteiger partial charge in [0.15, 0.2) is 5.03 Å². The van der Waals surface area contributed by atoms with Crippen molar-refractivity contribution in [1.29, 1.82) is 0 Å². The van der Waals surface area contributed by atoms with Crippen LogP contribution in [0.1, 0.15) is 13.3 Å². The summed E-state index contributed by atoms with van der Waals surface area (Å²) >= 11 is 0. The monoisotopic (exact) mass is 323 g/mol. The van der Waals surface area contributed by atoms with Crippen molar-refractivity contribution in [2.45, 2.75) is 24.5 Å². The molecule has 0 aliphatic rings. The number of sulfonamides is 2. The minimum Gasteiger partial charge on any atom is -0.380 e. The largest absolute Gasteiger partial charge is 0.380 e. The van der Waals surface area contributed by atoms with Crippen molar-refractivity contribution in [2.75, 3.05) is 17.6 Å². The Balaban J connectivity index is 3.05. The Bertz CT molecular complexity index is 653. The number of hydrogen-bond donors (Lipinski definition) is 2. The van der Waals surface area contributed by atoms with Gasteiger partial charge in [0.05, 0.1) is 17.5 Å². The second kappa shape index (κ2) is 6.48. The minimum atomic E-state index is -4.11. The van der Waals surface area contributed by atoms with Gasteiger partial charge in [-0.3, -0.25) is 4.72 Å². The van der Waals surface area contributed by atoms with E-state index in [9.17, 15) is 16.8 Å². The molecule has 10 heteroatoms. The summed E-state index contributed by atoms with van der Waals surface area (Å²) in [6, 6.07) is 2.68. The highest BCUT2D eigenvalue weighted by molar-refractivity contribution is 7.93. The number of nitrogens with zero attached hydrogens (tertiary/aromatic N) is 1. The van der Waals surface area contributed by atoms with E-state index in [1.54, 1.807) is 6.92 Å². The maximum absolute atomic E-state index is 12.0. The number of nitrogens with two attached hydrogens (primary N) is 1. The van der Waals surface area contributed by atoms with E-state index in [0.717, 1.165) is 0 Å². The third kappa shape index (κ3) is 4.71. The van der Waals surface area contributed by atoms with Gasteiger partial charge in [-0.25, -0.2) is 27.0 Å². The highest BCUT2D eigenvalue weighted by Crippen LogP contribution is 2.18. The number of anilines is 1. The molecule has 0 bridgehead atoms. The summed E-state index contributed by atoms with van der Waals surface area (Å²) in [4.78, 5) is 3.58. The van der Waals surface area contributed by atoms with Gasteiger partial charge in [-0.05, 0) is 18.6 Å². The second-order valence-corrected chi connectivity index (χ2v) is 7.29. The molecule has 8 nitrogen and oxygen atoms in total. The smallest absolute Gasteiger partial charge is 0.257 e. The van der Waals surface area contributed by atoms with Crippen LogP contribution >= 0.6 is 0 Å². The SMILES string of the molecule is CCC(CS(=O)(=O)Nc1cccnc1S(N)(=O)=O)OC. The molecule has 20 heavy (non-hydrogen) atoms. The standard InChI is InChI=1S/C10H17N3O5S2/c1-3-8(18-2)7-19(14,15)13-9-5-4-6-12-10(9)20(11,16)17/h4-6,8,13H,3,7H2,1-2H3,(H2,11,16,17). The fourth-order valence-electron chi connectivity index (χ4n) is 1.50. The Hall–Kier alpha value is -1.23. The number of methoxy groups -OCH3 is 1. The highest BCUT2D eigenvalue weighted by atomic mass is 32.2. The minimum absolute atomic E-state index is 0.180. The van der Waals surface area contributed by atoms with Crippen molar-refractivity contribution in [2.24, 2.45) is 5.14 Å². The summed E-state index contributed by atoms with van der Waals surface area (Å²) in [7, 11) is -6.48. The van der Waals surface area contributed by atoms with Gasteiger partial charge in [0.1, 0.15) is 0 Å². The lowest BCUT2D eigenvalue weighted by atomic mass is 10.3. The molecule has 1 rings (SSSR count). The van der Waals surface area contributed by atoms with E-state index in [4.69, 9.17) is 9.88 Å². The van der Waals surface area contributed by atoms with E-state index < -0.39 is 31.2 Å². The van der Waals surface area contributed by atoms with E-state index in [-0.39, 0.29) is 11.4 Å². The van der Waals surface area contributed by atoms with Crippen molar-refractivity contribution in [3.63, 3.8) is 0 Å². The molecule has 0 amide bonds. The lowest BCUT2D eigenvalue weighted by molar-refractivity contribution is 0.117. The molecule has 1 aromatic rings.